The van der Waals surface area contributed by atoms with E-state index in [2.05, 4.69) is 0 Å². The van der Waals surface area contributed by atoms with Crippen LogP contribution in [0.15, 0.2) is 11.1 Å². The average Bonchev–Trinajstić information content (AvgIpc) is 2.60. The molecule has 28 heavy (non-hydrogen) atoms. The Morgan fingerprint density at radius 3 is 2.25 bits per heavy atom. The molecule has 0 aromatic heterocycles. The second kappa shape index (κ2) is 5.65. The lowest BCUT2D eigenvalue weighted by Gasteiger charge is -2.67. The maximum absolute atomic E-state index is 13.6. The van der Waals surface area contributed by atoms with Crippen LogP contribution in [0.2, 0.25) is 0 Å². The first-order valence-corrected chi connectivity index (χ1v) is 10.1. The first kappa shape index (κ1) is 20.4. The molecular weight excluding hydrogens is 364 g/mol. The van der Waals surface area contributed by atoms with Gasteiger partial charge in [0.15, 0.2) is 5.78 Å². The zero-order valence-electron chi connectivity index (χ0n) is 17.1. The lowest BCUT2D eigenvalue weighted by atomic mass is 9.43. The van der Waals surface area contributed by atoms with Crippen molar-refractivity contribution in [3.63, 3.8) is 0 Å². The lowest BCUT2D eigenvalue weighted by Crippen LogP contribution is -2.78. The van der Waals surface area contributed by atoms with Crippen LogP contribution >= 0.6 is 0 Å². The quantitative estimate of drug-likeness (QED) is 0.363. The molecule has 9 atom stereocenters. The van der Waals surface area contributed by atoms with Gasteiger partial charge in [-0.2, -0.15) is 0 Å². The summed E-state index contributed by atoms with van der Waals surface area (Å²) >= 11 is 0. The van der Waals surface area contributed by atoms with E-state index in [1.165, 1.54) is 0 Å². The molecule has 1 aliphatic heterocycles. The molecule has 2 bridgehead atoms. The Morgan fingerprint density at radius 1 is 1.11 bits per heavy atom. The minimum atomic E-state index is -1.58. The molecule has 3 aliphatic carbocycles. The molecule has 8 unspecified atom stereocenters. The fourth-order valence-electron chi connectivity index (χ4n) is 7.00. The molecule has 3 fully saturated rings. The molecule has 5 N–H and O–H groups in total. The fourth-order valence-corrected chi connectivity index (χ4v) is 7.00. The number of hydrogen-bond acceptors (Lipinski definition) is 7. The third-order valence-electron chi connectivity index (χ3n) is 8.88. The molecular formula is C21H32O7. The summed E-state index contributed by atoms with van der Waals surface area (Å²) in [6.07, 6.45) is -4.20. The molecule has 0 amide bonds. The minimum absolute atomic E-state index is 0.0130. The van der Waals surface area contributed by atoms with Gasteiger partial charge in [0.1, 0.15) is 11.7 Å². The van der Waals surface area contributed by atoms with Gasteiger partial charge in [-0.15, -0.1) is 0 Å². The molecule has 158 valence electrons. The number of aliphatic hydroxyl groups excluding tert-OH is 3. The van der Waals surface area contributed by atoms with Gasteiger partial charge >= 0.3 is 0 Å². The highest BCUT2D eigenvalue weighted by molar-refractivity contribution is 5.93. The largest absolute Gasteiger partial charge is 0.392 e. The Kier molecular flexibility index (Phi) is 4.13. The summed E-state index contributed by atoms with van der Waals surface area (Å²) in [5, 5.41) is 56.1. The SMILES string of the molecule is CC1=C2C(O)C(=O)[C@]3(C)C(O)CC4OCC4(O)C3C(C)C(O)(CC1O)C2(C)C. The molecule has 0 spiro atoms. The van der Waals surface area contributed by atoms with E-state index in [-0.39, 0.29) is 19.4 Å². The van der Waals surface area contributed by atoms with Crippen molar-refractivity contribution in [3.05, 3.63) is 11.1 Å². The first-order chi connectivity index (χ1) is 12.7. The van der Waals surface area contributed by atoms with Gasteiger partial charge in [0.2, 0.25) is 0 Å². The van der Waals surface area contributed by atoms with E-state index in [0.29, 0.717) is 11.1 Å². The molecule has 4 rings (SSSR count). The van der Waals surface area contributed by atoms with Gasteiger partial charge in [0.25, 0.3) is 0 Å². The smallest absolute Gasteiger partial charge is 0.174 e. The number of ether oxygens (including phenoxy) is 1. The second-order valence-electron chi connectivity index (χ2n) is 10.2. The van der Waals surface area contributed by atoms with Crippen molar-refractivity contribution < 1.29 is 35.1 Å². The summed E-state index contributed by atoms with van der Waals surface area (Å²) in [6, 6.07) is 0. The third-order valence-corrected chi connectivity index (χ3v) is 8.88. The van der Waals surface area contributed by atoms with Crippen LogP contribution in [0.5, 0.6) is 0 Å². The van der Waals surface area contributed by atoms with Gasteiger partial charge < -0.3 is 30.3 Å². The van der Waals surface area contributed by atoms with Gasteiger partial charge in [0, 0.05) is 24.2 Å². The summed E-state index contributed by atoms with van der Waals surface area (Å²) in [4.78, 5) is 13.6. The summed E-state index contributed by atoms with van der Waals surface area (Å²) in [6.45, 7) is 8.58. The maximum atomic E-state index is 13.6. The third kappa shape index (κ3) is 2.03. The highest BCUT2D eigenvalue weighted by atomic mass is 16.6. The predicted molar refractivity (Wildman–Crippen MR) is 99.1 cm³/mol. The Morgan fingerprint density at radius 2 is 1.71 bits per heavy atom. The molecule has 7 heteroatoms. The van der Waals surface area contributed by atoms with Gasteiger partial charge in [-0.25, -0.2) is 0 Å². The number of ketones is 1. The van der Waals surface area contributed by atoms with E-state index >= 15 is 0 Å². The standard InChI is InChI=1S/C21H32O7/c1-9-11(22)7-21(27)10(2)16-19(5,12(23)6-13-20(16,26)8-28-13)17(25)15(24)14(9)18(21,3)4/h10-13,15-16,22-24,26-27H,6-8H2,1-5H3/t10?,11?,12?,13?,15?,16?,19-,20?,21?/m1/s1. The number of aliphatic hydroxyl groups is 5. The lowest BCUT2D eigenvalue weighted by molar-refractivity contribution is -0.335. The number of hydrogen-bond donors (Lipinski definition) is 5. The van der Waals surface area contributed by atoms with Crippen LogP contribution in [0.1, 0.15) is 47.5 Å². The monoisotopic (exact) mass is 396 g/mol. The van der Waals surface area contributed by atoms with Gasteiger partial charge in [-0.3, -0.25) is 4.79 Å². The maximum Gasteiger partial charge on any atom is 0.174 e. The van der Waals surface area contributed by atoms with Crippen LogP contribution in [0.4, 0.5) is 0 Å². The Balaban J connectivity index is 2.01. The van der Waals surface area contributed by atoms with Crippen molar-refractivity contribution in [1.82, 2.24) is 0 Å². The number of fused-ring (bicyclic) bond motifs is 5. The number of Topliss-reactive ketones (excluding diaryl/α,β-unsaturated/α-hetero) is 1. The highest BCUT2D eigenvalue weighted by Gasteiger charge is 2.73. The Hall–Kier alpha value is -0.830. The molecule has 0 aromatic rings. The van der Waals surface area contributed by atoms with E-state index in [0.717, 1.165) is 0 Å². The first-order valence-electron chi connectivity index (χ1n) is 10.1. The van der Waals surface area contributed by atoms with Gasteiger partial charge in [0.05, 0.1) is 35.9 Å². The molecule has 0 aromatic carbocycles. The zero-order valence-corrected chi connectivity index (χ0v) is 17.1. The van der Waals surface area contributed by atoms with Crippen molar-refractivity contribution in [2.24, 2.45) is 22.7 Å². The zero-order chi connectivity index (χ0) is 21.0. The summed E-state index contributed by atoms with van der Waals surface area (Å²) in [7, 11) is 0. The predicted octanol–water partition coefficient (Wildman–Crippen LogP) is -0.0785. The van der Waals surface area contributed by atoms with Crippen LogP contribution in [0.3, 0.4) is 0 Å². The molecule has 0 radical (unpaired) electrons. The highest BCUT2D eigenvalue weighted by Crippen LogP contribution is 2.64. The Labute approximate surface area is 165 Å². The summed E-state index contributed by atoms with van der Waals surface area (Å²) < 4.78 is 5.49. The van der Waals surface area contributed by atoms with E-state index in [4.69, 9.17) is 4.74 Å². The molecule has 1 saturated heterocycles. The topological polar surface area (TPSA) is 127 Å². The van der Waals surface area contributed by atoms with Crippen molar-refractivity contribution in [3.8, 4) is 0 Å². The molecule has 2 saturated carbocycles. The van der Waals surface area contributed by atoms with Crippen LogP contribution < -0.4 is 0 Å². The average molecular weight is 396 g/mol. The Bertz CT molecular complexity index is 760. The van der Waals surface area contributed by atoms with Crippen molar-refractivity contribution >= 4 is 5.78 Å². The van der Waals surface area contributed by atoms with E-state index in [1.54, 1.807) is 34.6 Å². The van der Waals surface area contributed by atoms with Crippen molar-refractivity contribution in [2.45, 2.75) is 83.1 Å². The number of rotatable bonds is 0. The van der Waals surface area contributed by atoms with Crippen LogP contribution in [-0.2, 0) is 9.53 Å². The van der Waals surface area contributed by atoms with Crippen LogP contribution in [-0.4, -0.2) is 73.5 Å². The van der Waals surface area contributed by atoms with E-state index in [9.17, 15) is 30.3 Å². The molecule has 7 nitrogen and oxygen atoms in total. The van der Waals surface area contributed by atoms with Gasteiger partial charge in [-0.1, -0.05) is 20.8 Å². The minimum Gasteiger partial charge on any atom is -0.392 e. The summed E-state index contributed by atoms with van der Waals surface area (Å²) in [5.74, 6) is -2.05. The van der Waals surface area contributed by atoms with Gasteiger partial charge in [-0.05, 0) is 30.9 Å². The van der Waals surface area contributed by atoms with E-state index in [1.807, 2.05) is 0 Å². The van der Waals surface area contributed by atoms with E-state index < -0.39 is 64.1 Å². The van der Waals surface area contributed by atoms with Crippen molar-refractivity contribution in [1.29, 1.82) is 0 Å². The summed E-state index contributed by atoms with van der Waals surface area (Å²) in [5.41, 5.74) is -4.54. The number of carbonyl (C=O) groups is 1. The number of carbonyl (C=O) groups excluding carboxylic acids is 1. The second-order valence-corrected chi connectivity index (χ2v) is 10.2. The normalized spacial score (nSPS) is 55.6. The molecule has 4 aliphatic rings. The van der Waals surface area contributed by atoms with Crippen LogP contribution in [0.25, 0.3) is 0 Å². The molecule has 1 heterocycles. The van der Waals surface area contributed by atoms with Crippen LogP contribution in [0, 0.1) is 22.7 Å². The van der Waals surface area contributed by atoms with Crippen molar-refractivity contribution in [2.75, 3.05) is 6.61 Å². The fraction of sp³-hybridized carbons (Fsp3) is 0.857.